The second-order valence-electron chi connectivity index (χ2n) is 12.5. The van der Waals surface area contributed by atoms with Crippen molar-refractivity contribution in [2.75, 3.05) is 0 Å². The summed E-state index contributed by atoms with van der Waals surface area (Å²) in [5, 5.41) is 0. The zero-order chi connectivity index (χ0) is 22.4. The van der Waals surface area contributed by atoms with E-state index in [0.717, 1.165) is 54.8 Å². The predicted molar refractivity (Wildman–Crippen MR) is 129 cm³/mol. The number of carbonyl (C=O) groups is 1. The number of hydrogen-bond acceptors (Lipinski definition) is 2. The molecule has 3 fully saturated rings. The van der Waals surface area contributed by atoms with E-state index in [1.165, 1.54) is 51.4 Å². The average molecular weight is 449 g/mol. The molecule has 0 bridgehead atoms. The highest BCUT2D eigenvalue weighted by molar-refractivity contribution is 6.61. The molecule has 0 heterocycles. The minimum Gasteiger partial charge on any atom is -0.450 e. The highest BCUT2D eigenvalue weighted by Crippen LogP contribution is 2.67. The summed E-state index contributed by atoms with van der Waals surface area (Å²) in [4.78, 5) is 11.2. The van der Waals surface area contributed by atoms with E-state index in [0.29, 0.717) is 10.8 Å². The fraction of sp³-hybridized carbons (Fsp3) is 0.893. The summed E-state index contributed by atoms with van der Waals surface area (Å²) >= 11 is 5.51. The second-order valence-corrected chi connectivity index (χ2v) is 12.8. The molecule has 2 nitrogen and oxygen atoms in total. The highest BCUT2D eigenvalue weighted by atomic mass is 35.5. The van der Waals surface area contributed by atoms with Crippen molar-refractivity contribution >= 4 is 17.0 Å². The number of fused-ring (bicyclic) bond motifs is 5. The molecule has 0 aromatic carbocycles. The standard InChI is InChI=1S/C28H45ClO2/c1-18(2)7-6-8-19(3)23-11-12-24-22-10-9-20-17-21(31-26(29)30)13-15-27(20,4)25(22)14-16-28(23,24)5/h9,18-19,21-25H,6-8,10-17H2,1-5H3/t19-,21+,22+,23-,24?,25+,27+,28-/m1/s1. The monoisotopic (exact) mass is 448 g/mol. The molecule has 8 atom stereocenters. The first-order valence-corrected chi connectivity index (χ1v) is 13.6. The summed E-state index contributed by atoms with van der Waals surface area (Å²) in [5.41, 5.74) is 1.77. The number of halogens is 1. The van der Waals surface area contributed by atoms with Gasteiger partial charge in [0.2, 0.25) is 0 Å². The molecular weight excluding hydrogens is 404 g/mol. The number of carbonyl (C=O) groups excluding carboxylic acids is 1. The Morgan fingerprint density at radius 1 is 1.10 bits per heavy atom. The zero-order valence-electron chi connectivity index (χ0n) is 20.6. The molecule has 0 N–H and O–H groups in total. The lowest BCUT2D eigenvalue weighted by atomic mass is 9.47. The van der Waals surface area contributed by atoms with Crippen LogP contribution in [-0.2, 0) is 4.74 Å². The van der Waals surface area contributed by atoms with Gasteiger partial charge in [-0.25, -0.2) is 4.79 Å². The zero-order valence-corrected chi connectivity index (χ0v) is 21.3. The maximum atomic E-state index is 11.2. The first-order chi connectivity index (χ1) is 14.6. The van der Waals surface area contributed by atoms with Gasteiger partial charge in [-0.15, -0.1) is 0 Å². The van der Waals surface area contributed by atoms with Crippen molar-refractivity contribution in [1.29, 1.82) is 0 Å². The van der Waals surface area contributed by atoms with Crippen LogP contribution in [0.3, 0.4) is 0 Å². The Morgan fingerprint density at radius 2 is 1.87 bits per heavy atom. The average Bonchev–Trinajstić information content (AvgIpc) is 3.05. The molecule has 0 saturated heterocycles. The Balaban J connectivity index is 1.47. The van der Waals surface area contributed by atoms with Crippen LogP contribution in [0.25, 0.3) is 0 Å². The van der Waals surface area contributed by atoms with Gasteiger partial charge in [0, 0.05) is 18.0 Å². The summed E-state index contributed by atoms with van der Waals surface area (Å²) in [6, 6.07) is 0. The molecular formula is C28H45ClO2. The van der Waals surface area contributed by atoms with Crippen molar-refractivity contribution in [2.24, 2.45) is 46.3 Å². The summed E-state index contributed by atoms with van der Waals surface area (Å²) in [7, 11) is 0. The maximum Gasteiger partial charge on any atom is 0.404 e. The molecule has 0 aliphatic heterocycles. The van der Waals surface area contributed by atoms with E-state index in [1.807, 2.05) is 0 Å². The molecule has 3 saturated carbocycles. The lowest BCUT2D eigenvalue weighted by Gasteiger charge is -2.58. The molecule has 31 heavy (non-hydrogen) atoms. The molecule has 0 spiro atoms. The van der Waals surface area contributed by atoms with Gasteiger partial charge in [0.05, 0.1) is 0 Å². The summed E-state index contributed by atoms with van der Waals surface area (Å²) in [5.74, 6) is 5.19. The Bertz CT molecular complexity index is 699. The van der Waals surface area contributed by atoms with Gasteiger partial charge in [-0.05, 0) is 91.3 Å². The number of allylic oxidation sites excluding steroid dienone is 1. The van der Waals surface area contributed by atoms with Crippen LogP contribution in [-0.4, -0.2) is 11.5 Å². The van der Waals surface area contributed by atoms with Crippen molar-refractivity contribution in [3.05, 3.63) is 11.6 Å². The fourth-order valence-corrected chi connectivity index (χ4v) is 9.01. The third-order valence-corrected chi connectivity index (χ3v) is 10.6. The van der Waals surface area contributed by atoms with Crippen LogP contribution in [0.5, 0.6) is 0 Å². The van der Waals surface area contributed by atoms with Crippen LogP contribution in [0.15, 0.2) is 11.6 Å². The first kappa shape index (κ1) is 23.7. The SMILES string of the molecule is CC(C)CCC[C@@H](C)[C@H]1CCC2[C@@H]3CC=C4C[C@@H](OC(=O)Cl)CC[C@]4(C)[C@H]3CC[C@@]21C. The van der Waals surface area contributed by atoms with Crippen molar-refractivity contribution in [1.82, 2.24) is 0 Å². The summed E-state index contributed by atoms with van der Waals surface area (Å²) in [6.45, 7) is 12.5. The molecule has 0 aromatic heterocycles. The maximum absolute atomic E-state index is 11.2. The number of rotatable bonds is 6. The van der Waals surface area contributed by atoms with Crippen molar-refractivity contribution in [3.8, 4) is 0 Å². The van der Waals surface area contributed by atoms with E-state index < -0.39 is 5.43 Å². The smallest absolute Gasteiger partial charge is 0.404 e. The van der Waals surface area contributed by atoms with Crippen molar-refractivity contribution in [3.63, 3.8) is 0 Å². The van der Waals surface area contributed by atoms with Gasteiger partial charge < -0.3 is 4.74 Å². The molecule has 4 rings (SSSR count). The van der Waals surface area contributed by atoms with Gasteiger partial charge in [0.25, 0.3) is 0 Å². The minimum atomic E-state index is -0.643. The van der Waals surface area contributed by atoms with Gasteiger partial charge >= 0.3 is 5.43 Å². The van der Waals surface area contributed by atoms with E-state index in [-0.39, 0.29) is 6.10 Å². The van der Waals surface area contributed by atoms with E-state index in [9.17, 15) is 4.79 Å². The van der Waals surface area contributed by atoms with Crippen LogP contribution in [0.2, 0.25) is 0 Å². The van der Waals surface area contributed by atoms with Crippen LogP contribution < -0.4 is 0 Å². The second kappa shape index (κ2) is 9.03. The van der Waals surface area contributed by atoms with E-state index >= 15 is 0 Å². The Kier molecular flexibility index (Phi) is 6.89. The third-order valence-electron chi connectivity index (χ3n) is 10.5. The number of hydrogen-bond donors (Lipinski definition) is 0. The quantitative estimate of drug-likeness (QED) is 0.299. The molecule has 4 aliphatic carbocycles. The van der Waals surface area contributed by atoms with Crippen LogP contribution in [0.1, 0.15) is 105 Å². The molecule has 176 valence electrons. The molecule has 1 unspecified atom stereocenters. The van der Waals surface area contributed by atoms with Crippen LogP contribution >= 0.6 is 11.6 Å². The van der Waals surface area contributed by atoms with Crippen molar-refractivity contribution < 1.29 is 9.53 Å². The third kappa shape index (κ3) is 4.36. The summed E-state index contributed by atoms with van der Waals surface area (Å²) in [6.07, 6.45) is 16.7. The lowest BCUT2D eigenvalue weighted by molar-refractivity contribution is -0.0573. The Labute approximate surface area is 195 Å². The molecule has 0 radical (unpaired) electrons. The predicted octanol–water partition coefficient (Wildman–Crippen LogP) is 8.77. The highest BCUT2D eigenvalue weighted by Gasteiger charge is 2.59. The van der Waals surface area contributed by atoms with Crippen LogP contribution in [0, 0.1) is 46.3 Å². The normalized spacial score (nSPS) is 42.9. The van der Waals surface area contributed by atoms with Gasteiger partial charge in [-0.2, -0.15) is 0 Å². The minimum absolute atomic E-state index is 0.0164. The lowest BCUT2D eigenvalue weighted by Crippen LogP contribution is -2.51. The van der Waals surface area contributed by atoms with E-state index in [2.05, 4.69) is 40.7 Å². The van der Waals surface area contributed by atoms with Gasteiger partial charge in [-0.3, -0.25) is 0 Å². The molecule has 0 amide bonds. The van der Waals surface area contributed by atoms with E-state index in [4.69, 9.17) is 16.3 Å². The molecule has 4 aliphatic rings. The van der Waals surface area contributed by atoms with E-state index in [1.54, 1.807) is 5.57 Å². The Hall–Kier alpha value is -0.500. The van der Waals surface area contributed by atoms with Gasteiger partial charge in [0.1, 0.15) is 6.10 Å². The largest absolute Gasteiger partial charge is 0.450 e. The number of ether oxygens (including phenoxy) is 1. The molecule has 0 aromatic rings. The molecule has 3 heteroatoms. The summed E-state index contributed by atoms with van der Waals surface area (Å²) < 4.78 is 5.38. The van der Waals surface area contributed by atoms with Crippen LogP contribution in [0.4, 0.5) is 4.79 Å². The fourth-order valence-electron chi connectivity index (χ4n) is 8.88. The van der Waals surface area contributed by atoms with Gasteiger partial charge in [-0.1, -0.05) is 65.5 Å². The van der Waals surface area contributed by atoms with Crippen molar-refractivity contribution in [2.45, 2.75) is 111 Å². The first-order valence-electron chi connectivity index (χ1n) is 13.2. The Morgan fingerprint density at radius 3 is 2.58 bits per heavy atom. The topological polar surface area (TPSA) is 26.3 Å². The van der Waals surface area contributed by atoms with Gasteiger partial charge in [0.15, 0.2) is 0 Å².